The smallest absolute Gasteiger partial charge is 0.238 e. The van der Waals surface area contributed by atoms with Crippen LogP contribution in [0.5, 0.6) is 0 Å². The monoisotopic (exact) mass is 360 g/mol. The Morgan fingerprint density at radius 3 is 2.32 bits per heavy atom. The van der Waals surface area contributed by atoms with Gasteiger partial charge in [0.05, 0.1) is 10.9 Å². The predicted octanol–water partition coefficient (Wildman–Crippen LogP) is 2.76. The van der Waals surface area contributed by atoms with Crippen molar-refractivity contribution in [2.75, 3.05) is 0 Å². The first kappa shape index (κ1) is 19.1. The highest BCUT2D eigenvalue weighted by Gasteiger charge is 2.12. The third kappa shape index (κ3) is 5.41. The second-order valence-corrected chi connectivity index (χ2v) is 7.89. The van der Waals surface area contributed by atoms with Crippen molar-refractivity contribution < 1.29 is 13.2 Å². The Kier molecular flexibility index (Phi) is 5.98. The Balaban J connectivity index is 1.93. The first-order valence-corrected chi connectivity index (χ1v) is 9.69. The van der Waals surface area contributed by atoms with E-state index in [9.17, 15) is 13.2 Å². The molecule has 0 bridgehead atoms. The maximum Gasteiger partial charge on any atom is 0.238 e. The third-order valence-corrected chi connectivity index (χ3v) is 5.13. The Morgan fingerprint density at radius 1 is 1.12 bits per heavy atom. The molecule has 0 spiro atoms. The number of primary sulfonamides is 1. The van der Waals surface area contributed by atoms with Crippen LogP contribution >= 0.6 is 0 Å². The van der Waals surface area contributed by atoms with Gasteiger partial charge >= 0.3 is 0 Å². The van der Waals surface area contributed by atoms with Gasteiger partial charge in [-0.25, -0.2) is 13.6 Å². The molecule has 0 saturated heterocycles. The highest BCUT2D eigenvalue weighted by molar-refractivity contribution is 7.89. The predicted molar refractivity (Wildman–Crippen MR) is 98.6 cm³/mol. The first-order chi connectivity index (χ1) is 11.7. The number of amides is 1. The number of benzene rings is 2. The summed E-state index contributed by atoms with van der Waals surface area (Å²) >= 11 is 0. The fourth-order valence-corrected chi connectivity index (χ4v) is 3.23. The molecule has 6 heteroatoms. The van der Waals surface area contributed by atoms with Gasteiger partial charge in [-0.15, -0.1) is 0 Å². The Bertz CT molecular complexity index is 859. The lowest BCUT2D eigenvalue weighted by Gasteiger charge is -2.15. The van der Waals surface area contributed by atoms with Gasteiger partial charge in [0.15, 0.2) is 0 Å². The molecular weight excluding hydrogens is 336 g/mol. The van der Waals surface area contributed by atoms with E-state index < -0.39 is 10.0 Å². The number of aryl methyl sites for hydroxylation is 3. The summed E-state index contributed by atoms with van der Waals surface area (Å²) in [6.07, 6.45) is 1.10. The van der Waals surface area contributed by atoms with Gasteiger partial charge in [-0.1, -0.05) is 35.9 Å². The van der Waals surface area contributed by atoms with E-state index in [2.05, 4.69) is 30.4 Å². The van der Waals surface area contributed by atoms with Gasteiger partial charge in [-0.3, -0.25) is 4.79 Å². The Morgan fingerprint density at radius 2 is 1.76 bits per heavy atom. The third-order valence-electron chi connectivity index (χ3n) is 4.21. The van der Waals surface area contributed by atoms with Crippen LogP contribution in [0.15, 0.2) is 47.4 Å². The molecule has 1 atom stereocenters. The summed E-state index contributed by atoms with van der Waals surface area (Å²) < 4.78 is 22.5. The van der Waals surface area contributed by atoms with E-state index in [0.717, 1.165) is 5.56 Å². The molecule has 0 aliphatic rings. The zero-order chi connectivity index (χ0) is 18.6. The first-order valence-electron chi connectivity index (χ1n) is 8.15. The maximum absolute atomic E-state index is 12.2. The fourth-order valence-electron chi connectivity index (χ4n) is 2.72. The van der Waals surface area contributed by atoms with Gasteiger partial charge in [0.1, 0.15) is 0 Å². The summed E-state index contributed by atoms with van der Waals surface area (Å²) in [4.78, 5) is 12.2. The van der Waals surface area contributed by atoms with Crippen LogP contribution in [-0.2, 0) is 21.2 Å². The number of hydrogen-bond acceptors (Lipinski definition) is 3. The summed E-state index contributed by atoms with van der Waals surface area (Å²) in [6.45, 7) is 5.96. The molecule has 25 heavy (non-hydrogen) atoms. The molecule has 0 fully saturated rings. The average molecular weight is 360 g/mol. The average Bonchev–Trinajstić information content (AvgIpc) is 2.53. The van der Waals surface area contributed by atoms with Crippen molar-refractivity contribution in [2.24, 2.45) is 5.14 Å². The van der Waals surface area contributed by atoms with Crippen LogP contribution in [0.1, 0.15) is 41.6 Å². The van der Waals surface area contributed by atoms with Crippen LogP contribution in [-0.4, -0.2) is 14.3 Å². The molecule has 0 aliphatic heterocycles. The van der Waals surface area contributed by atoms with Crippen LogP contribution in [0.2, 0.25) is 0 Å². The molecule has 1 unspecified atom stereocenters. The van der Waals surface area contributed by atoms with E-state index in [1.54, 1.807) is 12.1 Å². The Hall–Kier alpha value is -2.18. The van der Waals surface area contributed by atoms with Crippen LogP contribution in [0.25, 0.3) is 0 Å². The lowest BCUT2D eigenvalue weighted by atomic mass is 10.0. The Labute approximate surface area is 149 Å². The van der Waals surface area contributed by atoms with Crippen molar-refractivity contribution >= 4 is 15.9 Å². The molecule has 2 rings (SSSR count). The minimum Gasteiger partial charge on any atom is -0.350 e. The lowest BCUT2D eigenvalue weighted by molar-refractivity contribution is -0.121. The molecule has 5 nitrogen and oxygen atoms in total. The van der Waals surface area contributed by atoms with E-state index in [0.29, 0.717) is 12.8 Å². The van der Waals surface area contributed by atoms with Crippen LogP contribution < -0.4 is 10.5 Å². The van der Waals surface area contributed by atoms with Gasteiger partial charge < -0.3 is 5.32 Å². The molecule has 2 aromatic rings. The van der Waals surface area contributed by atoms with Gasteiger partial charge in [-0.2, -0.15) is 0 Å². The highest BCUT2D eigenvalue weighted by Crippen LogP contribution is 2.16. The molecule has 2 aromatic carbocycles. The van der Waals surface area contributed by atoms with Crippen molar-refractivity contribution in [2.45, 2.75) is 44.6 Å². The van der Waals surface area contributed by atoms with Crippen LogP contribution in [0.4, 0.5) is 0 Å². The fraction of sp³-hybridized carbons (Fsp3) is 0.316. The normalized spacial score (nSPS) is 12.6. The van der Waals surface area contributed by atoms with Crippen LogP contribution in [0.3, 0.4) is 0 Å². The van der Waals surface area contributed by atoms with E-state index in [4.69, 9.17) is 5.14 Å². The molecule has 0 radical (unpaired) electrons. The summed E-state index contributed by atoms with van der Waals surface area (Å²) in [5.74, 6) is -0.0389. The summed E-state index contributed by atoms with van der Waals surface area (Å²) in [5.41, 5.74) is 4.40. The number of carbonyl (C=O) groups excluding carboxylic acids is 1. The van der Waals surface area contributed by atoms with Crippen molar-refractivity contribution in [1.29, 1.82) is 0 Å². The van der Waals surface area contributed by atoms with Crippen molar-refractivity contribution in [3.63, 3.8) is 0 Å². The van der Waals surface area contributed by atoms with Crippen molar-refractivity contribution in [3.8, 4) is 0 Å². The maximum atomic E-state index is 12.2. The number of carbonyl (C=O) groups is 1. The minimum atomic E-state index is -3.70. The highest BCUT2D eigenvalue weighted by atomic mass is 32.2. The standard InChI is InChI=1S/C19H24N2O3S/c1-13-4-5-16(14(2)12-13)8-11-19(22)21-15(3)17-6-9-18(10-7-17)25(20,23)24/h4-7,9-10,12,15H,8,11H2,1-3H3,(H,21,22)(H2,20,23,24). The van der Waals surface area contributed by atoms with Crippen molar-refractivity contribution in [1.82, 2.24) is 5.32 Å². The summed E-state index contributed by atoms with van der Waals surface area (Å²) in [6, 6.07) is 12.2. The van der Waals surface area contributed by atoms with E-state index in [1.165, 1.54) is 28.8 Å². The number of nitrogens with one attached hydrogen (secondary N) is 1. The largest absolute Gasteiger partial charge is 0.350 e. The SMILES string of the molecule is Cc1ccc(CCC(=O)NC(C)c2ccc(S(N)(=O)=O)cc2)c(C)c1. The van der Waals surface area contributed by atoms with Gasteiger partial charge in [0, 0.05) is 6.42 Å². The molecule has 1 amide bonds. The molecule has 0 aliphatic carbocycles. The number of hydrogen-bond donors (Lipinski definition) is 2. The quantitative estimate of drug-likeness (QED) is 0.830. The molecule has 0 saturated carbocycles. The van der Waals surface area contributed by atoms with E-state index in [-0.39, 0.29) is 16.8 Å². The number of nitrogens with two attached hydrogens (primary N) is 1. The summed E-state index contributed by atoms with van der Waals surface area (Å²) in [5, 5.41) is 8.02. The zero-order valence-electron chi connectivity index (χ0n) is 14.7. The van der Waals surface area contributed by atoms with Gasteiger partial charge in [0.25, 0.3) is 0 Å². The number of sulfonamides is 1. The minimum absolute atomic E-state index is 0.0389. The molecule has 0 heterocycles. The molecular formula is C19H24N2O3S. The second kappa shape index (κ2) is 7.80. The lowest BCUT2D eigenvalue weighted by Crippen LogP contribution is -2.27. The number of rotatable bonds is 6. The molecule has 0 aromatic heterocycles. The van der Waals surface area contributed by atoms with E-state index >= 15 is 0 Å². The molecule has 3 N–H and O–H groups in total. The van der Waals surface area contributed by atoms with E-state index in [1.807, 2.05) is 13.8 Å². The zero-order valence-corrected chi connectivity index (χ0v) is 15.6. The second-order valence-electron chi connectivity index (χ2n) is 6.33. The molecule has 134 valence electrons. The van der Waals surface area contributed by atoms with Crippen LogP contribution in [0, 0.1) is 13.8 Å². The topological polar surface area (TPSA) is 89.3 Å². The van der Waals surface area contributed by atoms with Crippen molar-refractivity contribution in [3.05, 3.63) is 64.7 Å². The van der Waals surface area contributed by atoms with Gasteiger partial charge in [-0.05, 0) is 56.0 Å². The van der Waals surface area contributed by atoms with Gasteiger partial charge in [0.2, 0.25) is 15.9 Å². The summed E-state index contributed by atoms with van der Waals surface area (Å²) in [7, 11) is -3.70.